The minimum Gasteiger partial charge on any atom is -0.385 e. The standard InChI is InChI=1S/C14H17N3OS/c1-3-15-12-7-5-4-6-11(12)14(18)17-9-13-16-8-10(2)19-13/h4-8,15H,3,9H2,1-2H3,(H,17,18). The van der Waals surface area contributed by atoms with Crippen LogP contribution in [-0.4, -0.2) is 17.4 Å². The Morgan fingerprint density at radius 1 is 1.37 bits per heavy atom. The number of rotatable bonds is 5. The van der Waals surface area contributed by atoms with Gasteiger partial charge in [-0.2, -0.15) is 0 Å². The summed E-state index contributed by atoms with van der Waals surface area (Å²) >= 11 is 1.60. The van der Waals surface area contributed by atoms with Crippen LogP contribution in [0.25, 0.3) is 0 Å². The lowest BCUT2D eigenvalue weighted by Gasteiger charge is -2.10. The number of aromatic nitrogens is 1. The lowest BCUT2D eigenvalue weighted by atomic mass is 10.1. The fraction of sp³-hybridized carbons (Fsp3) is 0.286. The van der Waals surface area contributed by atoms with Crippen LogP contribution in [0.15, 0.2) is 30.5 Å². The van der Waals surface area contributed by atoms with Gasteiger partial charge < -0.3 is 10.6 Å². The Hall–Kier alpha value is -1.88. The van der Waals surface area contributed by atoms with Crippen LogP contribution in [0.3, 0.4) is 0 Å². The molecule has 0 aliphatic carbocycles. The van der Waals surface area contributed by atoms with Crippen molar-refractivity contribution in [1.82, 2.24) is 10.3 Å². The van der Waals surface area contributed by atoms with Crippen molar-refractivity contribution in [2.45, 2.75) is 20.4 Å². The fourth-order valence-electron chi connectivity index (χ4n) is 1.76. The number of nitrogens with one attached hydrogen (secondary N) is 2. The summed E-state index contributed by atoms with van der Waals surface area (Å²) in [6, 6.07) is 7.51. The minimum absolute atomic E-state index is 0.0793. The molecule has 0 atom stereocenters. The maximum Gasteiger partial charge on any atom is 0.253 e. The highest BCUT2D eigenvalue weighted by atomic mass is 32.1. The second kappa shape index (κ2) is 6.33. The zero-order chi connectivity index (χ0) is 13.7. The van der Waals surface area contributed by atoms with Crippen molar-refractivity contribution in [1.29, 1.82) is 0 Å². The van der Waals surface area contributed by atoms with Crippen LogP contribution in [0.4, 0.5) is 5.69 Å². The summed E-state index contributed by atoms with van der Waals surface area (Å²) in [5.41, 5.74) is 1.52. The van der Waals surface area contributed by atoms with Crippen LogP contribution in [0, 0.1) is 6.92 Å². The number of amides is 1. The quantitative estimate of drug-likeness (QED) is 0.882. The first kappa shape index (κ1) is 13.5. The van der Waals surface area contributed by atoms with Crippen LogP contribution in [0.1, 0.15) is 27.2 Å². The van der Waals surface area contributed by atoms with Gasteiger partial charge in [-0.1, -0.05) is 12.1 Å². The molecule has 0 fully saturated rings. The third kappa shape index (κ3) is 3.54. The molecule has 0 aliphatic heterocycles. The number of benzene rings is 1. The fourth-order valence-corrected chi connectivity index (χ4v) is 2.49. The predicted octanol–water partition coefficient (Wildman–Crippen LogP) is 2.81. The van der Waals surface area contributed by atoms with E-state index in [0.29, 0.717) is 12.1 Å². The number of carbonyl (C=O) groups is 1. The van der Waals surface area contributed by atoms with Gasteiger partial charge in [-0.05, 0) is 26.0 Å². The molecule has 2 rings (SSSR count). The van der Waals surface area contributed by atoms with Crippen molar-refractivity contribution in [3.63, 3.8) is 0 Å². The Morgan fingerprint density at radius 2 is 2.16 bits per heavy atom. The largest absolute Gasteiger partial charge is 0.385 e. The van der Waals surface area contributed by atoms with E-state index in [-0.39, 0.29) is 5.91 Å². The maximum atomic E-state index is 12.1. The highest BCUT2D eigenvalue weighted by Crippen LogP contribution is 2.15. The number of thiazole rings is 1. The Labute approximate surface area is 116 Å². The van der Waals surface area contributed by atoms with Gasteiger partial charge in [0.15, 0.2) is 0 Å². The molecule has 5 heteroatoms. The van der Waals surface area contributed by atoms with Crippen molar-refractivity contribution < 1.29 is 4.79 Å². The average Bonchev–Trinajstić information content (AvgIpc) is 2.83. The van der Waals surface area contributed by atoms with Gasteiger partial charge in [0.25, 0.3) is 5.91 Å². The first-order chi connectivity index (χ1) is 9.20. The monoisotopic (exact) mass is 275 g/mol. The number of carbonyl (C=O) groups excluding carboxylic acids is 1. The molecule has 0 radical (unpaired) electrons. The highest BCUT2D eigenvalue weighted by Gasteiger charge is 2.10. The van der Waals surface area contributed by atoms with Crippen LogP contribution < -0.4 is 10.6 Å². The molecule has 4 nitrogen and oxygen atoms in total. The maximum absolute atomic E-state index is 12.1. The van der Waals surface area contributed by atoms with Gasteiger partial charge in [-0.15, -0.1) is 11.3 Å². The van der Waals surface area contributed by atoms with Crippen molar-refractivity contribution in [3.8, 4) is 0 Å². The zero-order valence-electron chi connectivity index (χ0n) is 11.1. The number of hydrogen-bond donors (Lipinski definition) is 2. The van der Waals surface area contributed by atoms with Crippen molar-refractivity contribution in [2.24, 2.45) is 0 Å². The summed E-state index contributed by atoms with van der Waals surface area (Å²) in [7, 11) is 0. The molecular weight excluding hydrogens is 258 g/mol. The number of para-hydroxylation sites is 1. The first-order valence-electron chi connectivity index (χ1n) is 6.23. The smallest absolute Gasteiger partial charge is 0.253 e. The van der Waals surface area contributed by atoms with Crippen LogP contribution in [0.5, 0.6) is 0 Å². The Bertz CT molecular complexity index is 565. The summed E-state index contributed by atoms with van der Waals surface area (Å²) in [4.78, 5) is 17.5. The Morgan fingerprint density at radius 3 is 2.84 bits per heavy atom. The van der Waals surface area contributed by atoms with Gasteiger partial charge in [0, 0.05) is 23.3 Å². The van der Waals surface area contributed by atoms with E-state index >= 15 is 0 Å². The molecule has 1 amide bonds. The lowest BCUT2D eigenvalue weighted by Crippen LogP contribution is -2.23. The molecule has 0 aliphatic rings. The number of hydrogen-bond acceptors (Lipinski definition) is 4. The second-order valence-corrected chi connectivity index (χ2v) is 5.44. The van der Waals surface area contributed by atoms with E-state index in [1.807, 2.05) is 44.3 Å². The first-order valence-corrected chi connectivity index (χ1v) is 7.04. The van der Waals surface area contributed by atoms with Crippen molar-refractivity contribution in [3.05, 3.63) is 45.9 Å². The molecule has 1 aromatic heterocycles. The van der Waals surface area contributed by atoms with Crippen LogP contribution in [0.2, 0.25) is 0 Å². The molecule has 2 N–H and O–H groups in total. The SMILES string of the molecule is CCNc1ccccc1C(=O)NCc1ncc(C)s1. The summed E-state index contributed by atoms with van der Waals surface area (Å²) < 4.78 is 0. The molecule has 2 aromatic rings. The molecular formula is C14H17N3OS. The normalized spacial score (nSPS) is 10.2. The summed E-state index contributed by atoms with van der Waals surface area (Å²) in [5.74, 6) is -0.0793. The van der Waals surface area contributed by atoms with E-state index in [9.17, 15) is 4.79 Å². The number of anilines is 1. The molecule has 19 heavy (non-hydrogen) atoms. The zero-order valence-corrected chi connectivity index (χ0v) is 11.9. The van der Waals surface area contributed by atoms with Gasteiger partial charge >= 0.3 is 0 Å². The molecule has 0 unspecified atom stereocenters. The van der Waals surface area contributed by atoms with Crippen molar-refractivity contribution in [2.75, 3.05) is 11.9 Å². The molecule has 100 valence electrons. The Kier molecular flexibility index (Phi) is 4.52. The molecule has 1 aromatic carbocycles. The van der Waals surface area contributed by atoms with E-state index in [2.05, 4.69) is 15.6 Å². The number of aryl methyl sites for hydroxylation is 1. The summed E-state index contributed by atoms with van der Waals surface area (Å²) in [5, 5.41) is 7.00. The molecule has 0 spiro atoms. The topological polar surface area (TPSA) is 54.0 Å². The highest BCUT2D eigenvalue weighted by molar-refractivity contribution is 7.11. The van der Waals surface area contributed by atoms with E-state index in [0.717, 1.165) is 22.1 Å². The second-order valence-electron chi connectivity index (χ2n) is 4.12. The lowest BCUT2D eigenvalue weighted by molar-refractivity contribution is 0.0951. The summed E-state index contributed by atoms with van der Waals surface area (Å²) in [6.45, 7) is 5.27. The van der Waals surface area contributed by atoms with Crippen molar-refractivity contribution >= 4 is 22.9 Å². The van der Waals surface area contributed by atoms with Crippen LogP contribution in [-0.2, 0) is 6.54 Å². The van der Waals surface area contributed by atoms with Gasteiger partial charge in [-0.3, -0.25) is 4.79 Å². The van der Waals surface area contributed by atoms with Gasteiger partial charge in [-0.25, -0.2) is 4.98 Å². The van der Waals surface area contributed by atoms with Crippen LogP contribution >= 0.6 is 11.3 Å². The van der Waals surface area contributed by atoms with Gasteiger partial charge in [0.2, 0.25) is 0 Å². The Balaban J connectivity index is 2.03. The van der Waals surface area contributed by atoms with Gasteiger partial charge in [0.05, 0.1) is 12.1 Å². The third-order valence-electron chi connectivity index (χ3n) is 2.61. The van der Waals surface area contributed by atoms with E-state index in [1.54, 1.807) is 11.3 Å². The van der Waals surface area contributed by atoms with E-state index in [4.69, 9.17) is 0 Å². The molecule has 0 bridgehead atoms. The average molecular weight is 275 g/mol. The molecule has 0 saturated heterocycles. The molecule has 0 saturated carbocycles. The molecule has 1 heterocycles. The predicted molar refractivity (Wildman–Crippen MR) is 78.6 cm³/mol. The van der Waals surface area contributed by atoms with Gasteiger partial charge in [0.1, 0.15) is 5.01 Å². The van der Waals surface area contributed by atoms with E-state index < -0.39 is 0 Å². The van der Waals surface area contributed by atoms with E-state index in [1.165, 1.54) is 0 Å². The minimum atomic E-state index is -0.0793. The number of nitrogens with zero attached hydrogens (tertiary/aromatic N) is 1. The third-order valence-corrected chi connectivity index (χ3v) is 3.52. The summed E-state index contributed by atoms with van der Waals surface area (Å²) in [6.07, 6.45) is 1.82.